The number of hydrogen-bond donors (Lipinski definition) is 0. The molecule has 2 atom stereocenters. The first-order valence-electron chi connectivity index (χ1n) is 4.52. The lowest BCUT2D eigenvalue weighted by Crippen LogP contribution is -2.27. The monoisotopic (exact) mass is 164 g/mol. The van der Waals surface area contributed by atoms with Gasteiger partial charge in [-0.15, -0.1) is 0 Å². The van der Waals surface area contributed by atoms with Crippen molar-refractivity contribution in [3.63, 3.8) is 0 Å². The van der Waals surface area contributed by atoms with Crippen LogP contribution in [0.2, 0.25) is 0 Å². The van der Waals surface area contributed by atoms with Crippen LogP contribution in [0, 0.1) is 11.8 Å². The molecule has 0 N–H and O–H groups in total. The molecule has 0 amide bonds. The maximum Gasteiger partial charge on any atom is 0.133 e. The molecule has 12 heavy (non-hydrogen) atoms. The molecular weight excluding hydrogens is 152 g/mol. The molecule has 2 fully saturated rings. The van der Waals surface area contributed by atoms with Crippen molar-refractivity contribution in [3.8, 4) is 0 Å². The SMILES string of the molecule is O=C=C1CC2CC(=O)CC(C1)C2. The number of allylic oxidation sites excluding steroid dienone is 1. The first-order valence-corrected chi connectivity index (χ1v) is 4.52. The van der Waals surface area contributed by atoms with Gasteiger partial charge in [0.1, 0.15) is 11.7 Å². The highest BCUT2D eigenvalue weighted by Gasteiger charge is 2.32. The van der Waals surface area contributed by atoms with Crippen LogP contribution in [0.3, 0.4) is 0 Å². The van der Waals surface area contributed by atoms with Crippen molar-refractivity contribution in [1.82, 2.24) is 0 Å². The van der Waals surface area contributed by atoms with Gasteiger partial charge in [0.2, 0.25) is 0 Å². The molecule has 2 aliphatic carbocycles. The normalized spacial score (nSPS) is 34.7. The third kappa shape index (κ3) is 1.35. The Morgan fingerprint density at radius 2 is 1.67 bits per heavy atom. The van der Waals surface area contributed by atoms with Crippen molar-refractivity contribution in [2.24, 2.45) is 11.8 Å². The first kappa shape index (κ1) is 7.75. The van der Waals surface area contributed by atoms with E-state index in [2.05, 4.69) is 0 Å². The summed E-state index contributed by atoms with van der Waals surface area (Å²) in [6.07, 6.45) is 4.19. The molecule has 2 unspecified atom stereocenters. The molecule has 2 heteroatoms. The second-order valence-corrected chi connectivity index (χ2v) is 4.03. The number of ketones is 1. The van der Waals surface area contributed by atoms with Crippen molar-refractivity contribution in [1.29, 1.82) is 0 Å². The van der Waals surface area contributed by atoms with Gasteiger partial charge in [-0.05, 0) is 31.1 Å². The summed E-state index contributed by atoms with van der Waals surface area (Å²) >= 11 is 0. The summed E-state index contributed by atoms with van der Waals surface area (Å²) in [4.78, 5) is 21.6. The number of carbonyl (C=O) groups excluding carboxylic acids is 2. The third-order valence-corrected chi connectivity index (χ3v) is 2.91. The number of hydrogen-bond acceptors (Lipinski definition) is 2. The van der Waals surface area contributed by atoms with E-state index in [1.54, 1.807) is 0 Å². The standard InChI is InChI=1S/C10H12O2/c11-6-9-2-7-1-8(3-9)5-10(12)4-7/h7-8H,1-5H2. The predicted octanol–water partition coefficient (Wildman–Crippen LogP) is 1.52. The van der Waals surface area contributed by atoms with Crippen molar-refractivity contribution >= 4 is 11.7 Å². The maximum absolute atomic E-state index is 11.2. The lowest BCUT2D eigenvalue weighted by molar-refractivity contribution is -0.123. The summed E-state index contributed by atoms with van der Waals surface area (Å²) in [6, 6.07) is 0. The van der Waals surface area contributed by atoms with Crippen LogP contribution in [0.25, 0.3) is 0 Å². The molecule has 0 saturated heterocycles. The lowest BCUT2D eigenvalue weighted by Gasteiger charge is -2.33. The van der Waals surface area contributed by atoms with Gasteiger partial charge in [0.15, 0.2) is 0 Å². The van der Waals surface area contributed by atoms with E-state index in [0.717, 1.165) is 24.8 Å². The third-order valence-electron chi connectivity index (χ3n) is 2.91. The Labute approximate surface area is 71.6 Å². The molecule has 2 rings (SSSR count). The van der Waals surface area contributed by atoms with E-state index >= 15 is 0 Å². The van der Waals surface area contributed by atoms with Gasteiger partial charge < -0.3 is 0 Å². The fourth-order valence-corrected chi connectivity index (χ4v) is 2.54. The van der Waals surface area contributed by atoms with Gasteiger partial charge in [0.05, 0.1) is 0 Å². The summed E-state index contributed by atoms with van der Waals surface area (Å²) in [5.41, 5.74) is 0.906. The van der Waals surface area contributed by atoms with Gasteiger partial charge in [0.25, 0.3) is 0 Å². The molecular formula is C10H12O2. The van der Waals surface area contributed by atoms with Crippen LogP contribution in [-0.4, -0.2) is 11.7 Å². The van der Waals surface area contributed by atoms with Gasteiger partial charge in [-0.25, -0.2) is 4.79 Å². The minimum absolute atomic E-state index is 0.390. The van der Waals surface area contributed by atoms with E-state index < -0.39 is 0 Å². The lowest BCUT2D eigenvalue weighted by atomic mass is 9.70. The number of carbonyl (C=O) groups is 1. The highest BCUT2D eigenvalue weighted by Crippen LogP contribution is 2.39. The highest BCUT2D eigenvalue weighted by atomic mass is 16.1. The molecule has 2 aliphatic rings. The highest BCUT2D eigenvalue weighted by molar-refractivity contribution is 5.80. The van der Waals surface area contributed by atoms with E-state index in [9.17, 15) is 9.59 Å². The van der Waals surface area contributed by atoms with Crippen LogP contribution in [0.5, 0.6) is 0 Å². The molecule has 2 bridgehead atoms. The largest absolute Gasteiger partial charge is 0.300 e. The summed E-state index contributed by atoms with van der Waals surface area (Å²) < 4.78 is 0. The van der Waals surface area contributed by atoms with Gasteiger partial charge in [0, 0.05) is 18.4 Å². The topological polar surface area (TPSA) is 34.1 Å². The Morgan fingerprint density at radius 3 is 2.17 bits per heavy atom. The fraction of sp³-hybridized carbons (Fsp3) is 0.700. The Morgan fingerprint density at radius 1 is 1.08 bits per heavy atom. The van der Waals surface area contributed by atoms with Crippen molar-refractivity contribution in [2.45, 2.75) is 32.1 Å². The summed E-state index contributed by atoms with van der Waals surface area (Å²) in [6.45, 7) is 0. The second-order valence-electron chi connectivity index (χ2n) is 4.03. The molecule has 0 aromatic carbocycles. The number of Topliss-reactive ketones (excluding diaryl/α,β-unsaturated/α-hetero) is 1. The fourth-order valence-electron chi connectivity index (χ4n) is 2.54. The molecule has 0 heterocycles. The maximum atomic E-state index is 11.2. The van der Waals surface area contributed by atoms with E-state index in [-0.39, 0.29) is 0 Å². The molecule has 2 nitrogen and oxygen atoms in total. The predicted molar refractivity (Wildman–Crippen MR) is 44.3 cm³/mol. The summed E-state index contributed by atoms with van der Waals surface area (Å²) in [5, 5.41) is 0. The Kier molecular flexibility index (Phi) is 1.86. The number of fused-ring (bicyclic) bond motifs is 2. The van der Waals surface area contributed by atoms with Gasteiger partial charge in [-0.1, -0.05) is 0 Å². The minimum atomic E-state index is 0.390. The smallest absolute Gasteiger partial charge is 0.133 e. The van der Waals surface area contributed by atoms with Crippen LogP contribution in [0.1, 0.15) is 32.1 Å². The first-order chi connectivity index (χ1) is 5.78. The van der Waals surface area contributed by atoms with Crippen LogP contribution in [0.4, 0.5) is 0 Å². The van der Waals surface area contributed by atoms with Gasteiger partial charge in [-0.2, -0.15) is 0 Å². The van der Waals surface area contributed by atoms with Crippen LogP contribution >= 0.6 is 0 Å². The quantitative estimate of drug-likeness (QED) is 0.509. The van der Waals surface area contributed by atoms with Crippen LogP contribution < -0.4 is 0 Å². The zero-order valence-electron chi connectivity index (χ0n) is 7.01. The van der Waals surface area contributed by atoms with E-state index in [1.165, 1.54) is 0 Å². The van der Waals surface area contributed by atoms with Crippen molar-refractivity contribution in [2.75, 3.05) is 0 Å². The molecule has 64 valence electrons. The summed E-state index contributed by atoms with van der Waals surface area (Å²) in [7, 11) is 0. The molecule has 0 radical (unpaired) electrons. The Bertz CT molecular complexity index is 243. The average molecular weight is 164 g/mol. The average Bonchev–Trinajstić information content (AvgIpc) is 2.02. The van der Waals surface area contributed by atoms with Crippen molar-refractivity contribution < 1.29 is 9.59 Å². The second kappa shape index (κ2) is 2.87. The van der Waals surface area contributed by atoms with Crippen LogP contribution in [-0.2, 0) is 9.59 Å². The van der Waals surface area contributed by atoms with E-state index in [1.807, 2.05) is 5.94 Å². The van der Waals surface area contributed by atoms with Gasteiger partial charge in [-0.3, -0.25) is 4.79 Å². The van der Waals surface area contributed by atoms with Crippen molar-refractivity contribution in [3.05, 3.63) is 5.57 Å². The zero-order valence-corrected chi connectivity index (χ0v) is 7.01. The number of rotatable bonds is 0. The minimum Gasteiger partial charge on any atom is -0.300 e. The van der Waals surface area contributed by atoms with Gasteiger partial charge >= 0.3 is 0 Å². The molecule has 0 aromatic heterocycles. The zero-order chi connectivity index (χ0) is 8.55. The van der Waals surface area contributed by atoms with E-state index in [4.69, 9.17) is 0 Å². The molecule has 0 spiro atoms. The summed E-state index contributed by atoms with van der Waals surface area (Å²) in [5.74, 6) is 3.31. The van der Waals surface area contributed by atoms with E-state index in [0.29, 0.717) is 30.5 Å². The van der Waals surface area contributed by atoms with Crippen LogP contribution in [0.15, 0.2) is 5.57 Å². The molecule has 2 saturated carbocycles. The molecule has 0 aromatic rings. The Balaban J connectivity index is 2.15. The Hall–Kier alpha value is -0.880. The molecule has 0 aliphatic heterocycles.